The van der Waals surface area contributed by atoms with E-state index in [4.69, 9.17) is 4.74 Å². The second kappa shape index (κ2) is 5.82. The van der Waals surface area contributed by atoms with Crippen molar-refractivity contribution in [3.63, 3.8) is 0 Å². The Bertz CT molecular complexity index is 359. The van der Waals surface area contributed by atoms with Gasteiger partial charge in [-0.2, -0.15) is 0 Å². The molecule has 0 radical (unpaired) electrons. The fourth-order valence-electron chi connectivity index (χ4n) is 2.28. The number of anilines is 1. The molecular formula is C12H19N3O2. The number of aliphatic hydroxyl groups is 1. The van der Waals surface area contributed by atoms with Gasteiger partial charge in [-0.1, -0.05) is 6.42 Å². The summed E-state index contributed by atoms with van der Waals surface area (Å²) in [6.07, 6.45) is 4.82. The quantitative estimate of drug-likeness (QED) is 0.811. The molecule has 2 rings (SSSR count). The van der Waals surface area contributed by atoms with Gasteiger partial charge >= 0.3 is 0 Å². The van der Waals surface area contributed by atoms with E-state index >= 15 is 0 Å². The summed E-state index contributed by atoms with van der Waals surface area (Å²) < 4.78 is 5.32. The molecule has 0 aliphatic heterocycles. The third kappa shape index (κ3) is 3.06. The van der Waals surface area contributed by atoms with Gasteiger partial charge < -0.3 is 15.2 Å². The van der Waals surface area contributed by atoms with E-state index in [0.717, 1.165) is 25.1 Å². The van der Waals surface area contributed by atoms with Crippen molar-refractivity contribution in [3.05, 3.63) is 12.4 Å². The minimum Gasteiger partial charge on any atom is -0.478 e. The maximum atomic E-state index is 9.26. The summed E-state index contributed by atoms with van der Waals surface area (Å²) in [6.45, 7) is 2.76. The maximum absolute atomic E-state index is 9.26. The van der Waals surface area contributed by atoms with Crippen molar-refractivity contribution in [2.75, 3.05) is 18.5 Å². The van der Waals surface area contributed by atoms with Gasteiger partial charge in [-0.3, -0.25) is 0 Å². The number of aromatic nitrogens is 2. The van der Waals surface area contributed by atoms with Crippen LogP contribution in [-0.2, 0) is 0 Å². The minimum absolute atomic E-state index is 0.237. The van der Waals surface area contributed by atoms with Gasteiger partial charge in [-0.15, -0.1) is 0 Å². The molecule has 0 aromatic carbocycles. The molecule has 1 fully saturated rings. The van der Waals surface area contributed by atoms with Gasteiger partial charge in [-0.05, 0) is 19.8 Å². The van der Waals surface area contributed by atoms with E-state index in [-0.39, 0.29) is 6.61 Å². The van der Waals surface area contributed by atoms with E-state index in [1.807, 2.05) is 6.92 Å². The Morgan fingerprint density at radius 1 is 1.47 bits per heavy atom. The van der Waals surface area contributed by atoms with E-state index < -0.39 is 0 Å². The molecule has 0 amide bonds. The molecule has 2 atom stereocenters. The number of rotatable bonds is 5. The zero-order valence-corrected chi connectivity index (χ0v) is 10.1. The highest BCUT2D eigenvalue weighted by Gasteiger charge is 2.26. The largest absolute Gasteiger partial charge is 0.478 e. The summed E-state index contributed by atoms with van der Waals surface area (Å²) in [6, 6.07) is 2.11. The summed E-state index contributed by atoms with van der Waals surface area (Å²) in [5, 5.41) is 12.6. The van der Waals surface area contributed by atoms with Crippen LogP contribution in [0.5, 0.6) is 5.88 Å². The van der Waals surface area contributed by atoms with Crippen LogP contribution in [0.1, 0.15) is 26.2 Å². The summed E-state index contributed by atoms with van der Waals surface area (Å²) in [7, 11) is 0. The molecule has 1 aromatic rings. The zero-order chi connectivity index (χ0) is 12.1. The van der Waals surface area contributed by atoms with E-state index in [1.54, 1.807) is 6.07 Å². The summed E-state index contributed by atoms with van der Waals surface area (Å²) >= 11 is 0. The third-order valence-corrected chi connectivity index (χ3v) is 3.16. The Hall–Kier alpha value is -1.36. The lowest BCUT2D eigenvalue weighted by Crippen LogP contribution is -2.26. The Morgan fingerprint density at radius 2 is 2.35 bits per heavy atom. The SMILES string of the molecule is CCOc1cc(NC2CCCC2CO)ncn1. The van der Waals surface area contributed by atoms with Crippen molar-refractivity contribution in [2.24, 2.45) is 5.92 Å². The van der Waals surface area contributed by atoms with Gasteiger partial charge in [0, 0.05) is 24.6 Å². The maximum Gasteiger partial charge on any atom is 0.218 e. The predicted octanol–water partition coefficient (Wildman–Crippen LogP) is 1.45. The smallest absolute Gasteiger partial charge is 0.218 e. The lowest BCUT2D eigenvalue weighted by Gasteiger charge is -2.19. The van der Waals surface area contributed by atoms with Gasteiger partial charge in [0.1, 0.15) is 12.1 Å². The minimum atomic E-state index is 0.237. The number of hydrogen-bond acceptors (Lipinski definition) is 5. The van der Waals surface area contributed by atoms with Gasteiger partial charge in [0.25, 0.3) is 0 Å². The molecule has 0 spiro atoms. The lowest BCUT2D eigenvalue weighted by molar-refractivity contribution is 0.222. The van der Waals surface area contributed by atoms with Crippen LogP contribution in [-0.4, -0.2) is 34.3 Å². The third-order valence-electron chi connectivity index (χ3n) is 3.16. The molecular weight excluding hydrogens is 218 g/mol. The van der Waals surface area contributed by atoms with Crippen molar-refractivity contribution >= 4 is 5.82 Å². The van der Waals surface area contributed by atoms with E-state index in [2.05, 4.69) is 15.3 Å². The van der Waals surface area contributed by atoms with Gasteiger partial charge in [0.2, 0.25) is 5.88 Å². The molecule has 94 valence electrons. The van der Waals surface area contributed by atoms with Crippen LogP contribution in [0.4, 0.5) is 5.82 Å². The van der Waals surface area contributed by atoms with Crippen molar-refractivity contribution in [1.82, 2.24) is 9.97 Å². The van der Waals surface area contributed by atoms with E-state index in [1.165, 1.54) is 6.33 Å². The molecule has 1 aromatic heterocycles. The predicted molar refractivity (Wildman–Crippen MR) is 65.0 cm³/mol. The monoisotopic (exact) mass is 237 g/mol. The number of aliphatic hydroxyl groups excluding tert-OH is 1. The first kappa shape index (κ1) is 12.1. The van der Waals surface area contributed by atoms with Crippen LogP contribution in [0.15, 0.2) is 12.4 Å². The fraction of sp³-hybridized carbons (Fsp3) is 0.667. The normalized spacial score (nSPS) is 23.6. The number of hydrogen-bond donors (Lipinski definition) is 2. The van der Waals surface area contributed by atoms with Crippen LogP contribution >= 0.6 is 0 Å². The van der Waals surface area contributed by atoms with E-state index in [0.29, 0.717) is 24.4 Å². The molecule has 1 aliphatic rings. The van der Waals surface area contributed by atoms with Crippen LogP contribution in [0.3, 0.4) is 0 Å². The Labute approximate surface area is 101 Å². The fourth-order valence-corrected chi connectivity index (χ4v) is 2.28. The second-order valence-corrected chi connectivity index (χ2v) is 4.30. The first-order chi connectivity index (χ1) is 8.33. The average Bonchev–Trinajstić information content (AvgIpc) is 2.77. The average molecular weight is 237 g/mol. The standard InChI is InChI=1S/C12H19N3O2/c1-2-17-12-6-11(13-8-14-12)15-10-5-3-4-9(10)7-16/h6,8-10,16H,2-5,7H2,1H3,(H,13,14,15). The molecule has 2 unspecified atom stereocenters. The highest BCUT2D eigenvalue weighted by Crippen LogP contribution is 2.28. The van der Waals surface area contributed by atoms with Crippen LogP contribution in [0.2, 0.25) is 0 Å². The molecule has 1 saturated carbocycles. The van der Waals surface area contributed by atoms with Gasteiger partial charge in [0.05, 0.1) is 6.61 Å². The van der Waals surface area contributed by atoms with Crippen molar-refractivity contribution in [2.45, 2.75) is 32.2 Å². The highest BCUT2D eigenvalue weighted by atomic mass is 16.5. The second-order valence-electron chi connectivity index (χ2n) is 4.30. The Morgan fingerprint density at radius 3 is 3.12 bits per heavy atom. The van der Waals surface area contributed by atoms with Crippen LogP contribution in [0, 0.1) is 5.92 Å². The lowest BCUT2D eigenvalue weighted by atomic mass is 10.1. The molecule has 0 bridgehead atoms. The van der Waals surface area contributed by atoms with Crippen LogP contribution in [0.25, 0.3) is 0 Å². The van der Waals surface area contributed by atoms with Crippen LogP contribution < -0.4 is 10.1 Å². The highest BCUT2D eigenvalue weighted by molar-refractivity contribution is 5.38. The zero-order valence-electron chi connectivity index (χ0n) is 10.1. The summed E-state index contributed by atoms with van der Waals surface area (Å²) in [5.41, 5.74) is 0. The number of nitrogens with one attached hydrogen (secondary N) is 1. The summed E-state index contributed by atoms with van der Waals surface area (Å²) in [5.74, 6) is 1.69. The molecule has 5 heteroatoms. The molecule has 2 N–H and O–H groups in total. The van der Waals surface area contributed by atoms with E-state index in [9.17, 15) is 5.11 Å². The number of nitrogens with zero attached hydrogens (tertiary/aromatic N) is 2. The van der Waals surface area contributed by atoms with Gasteiger partial charge in [-0.25, -0.2) is 9.97 Å². The molecule has 17 heavy (non-hydrogen) atoms. The molecule has 5 nitrogen and oxygen atoms in total. The van der Waals surface area contributed by atoms with Crippen molar-refractivity contribution in [3.8, 4) is 5.88 Å². The Kier molecular flexibility index (Phi) is 4.14. The first-order valence-electron chi connectivity index (χ1n) is 6.15. The van der Waals surface area contributed by atoms with Crippen molar-refractivity contribution in [1.29, 1.82) is 0 Å². The molecule has 1 heterocycles. The topological polar surface area (TPSA) is 67.3 Å². The molecule has 0 saturated heterocycles. The first-order valence-corrected chi connectivity index (χ1v) is 6.15. The summed E-state index contributed by atoms with van der Waals surface area (Å²) in [4.78, 5) is 8.19. The number of ether oxygens (including phenoxy) is 1. The van der Waals surface area contributed by atoms with Crippen molar-refractivity contribution < 1.29 is 9.84 Å². The Balaban J connectivity index is 2.00. The van der Waals surface area contributed by atoms with Gasteiger partial charge in [0.15, 0.2) is 0 Å². The molecule has 1 aliphatic carbocycles.